The van der Waals surface area contributed by atoms with E-state index in [2.05, 4.69) is 25.6 Å². The zero-order chi connectivity index (χ0) is 19.2. The van der Waals surface area contributed by atoms with Gasteiger partial charge in [-0.2, -0.15) is 0 Å². The molecule has 8 nitrogen and oxygen atoms in total. The van der Waals surface area contributed by atoms with E-state index < -0.39 is 0 Å². The minimum atomic E-state index is -0.226. The summed E-state index contributed by atoms with van der Waals surface area (Å²) in [5.41, 5.74) is 7.44. The number of rotatable bonds is 7. The number of phenolic OH excluding ortho intramolecular Hbond substituents is 1. The number of hydrogen-bond donors (Lipinski definition) is 4. The summed E-state index contributed by atoms with van der Waals surface area (Å²) in [6, 6.07) is 8.37. The molecule has 0 aliphatic heterocycles. The normalized spacial score (nSPS) is 11.8. The van der Waals surface area contributed by atoms with Crippen molar-refractivity contribution >= 4 is 23.2 Å². The van der Waals surface area contributed by atoms with Gasteiger partial charge in [0.2, 0.25) is 5.95 Å². The van der Waals surface area contributed by atoms with Crippen molar-refractivity contribution in [2.75, 3.05) is 18.9 Å². The Morgan fingerprint density at radius 1 is 1.26 bits per heavy atom. The summed E-state index contributed by atoms with van der Waals surface area (Å²) < 4.78 is 0. The fraction of sp³-hybridized carbons (Fsp3) is 0.222. The maximum absolute atomic E-state index is 12.5. The van der Waals surface area contributed by atoms with Gasteiger partial charge in [-0.15, -0.1) is 11.3 Å². The highest BCUT2D eigenvalue weighted by molar-refractivity contribution is 7.16. The Morgan fingerprint density at radius 3 is 2.74 bits per heavy atom. The fourth-order valence-corrected chi connectivity index (χ4v) is 3.25. The molecule has 3 aromatic rings. The Hall–Kier alpha value is -3.04. The van der Waals surface area contributed by atoms with Crippen LogP contribution >= 0.6 is 11.3 Å². The third-order valence-electron chi connectivity index (χ3n) is 3.87. The SMILES string of the molecule is CNc1nccc(-c2ncc(C(=O)N[C@H](CN)Cc3ccc(O)cc3)s2)n1. The molecule has 0 unspecified atom stereocenters. The first-order chi connectivity index (χ1) is 13.1. The molecule has 0 aliphatic carbocycles. The van der Waals surface area contributed by atoms with Crippen molar-refractivity contribution in [1.82, 2.24) is 20.3 Å². The van der Waals surface area contributed by atoms with Crippen LogP contribution in [-0.2, 0) is 6.42 Å². The second-order valence-corrected chi connectivity index (χ2v) is 6.85. The third kappa shape index (κ3) is 4.78. The van der Waals surface area contributed by atoms with Crippen molar-refractivity contribution in [3.63, 3.8) is 0 Å². The number of thiazole rings is 1. The molecule has 27 heavy (non-hydrogen) atoms. The number of aromatic hydroxyl groups is 1. The van der Waals surface area contributed by atoms with E-state index in [0.717, 1.165) is 5.56 Å². The van der Waals surface area contributed by atoms with Crippen LogP contribution in [0.1, 0.15) is 15.2 Å². The maximum atomic E-state index is 12.5. The summed E-state index contributed by atoms with van der Waals surface area (Å²) in [6.45, 7) is 0.301. The van der Waals surface area contributed by atoms with E-state index in [1.807, 2.05) is 12.1 Å². The fourth-order valence-electron chi connectivity index (χ4n) is 2.46. The van der Waals surface area contributed by atoms with Gasteiger partial charge in [0.05, 0.1) is 6.20 Å². The van der Waals surface area contributed by atoms with E-state index in [4.69, 9.17) is 5.73 Å². The number of phenols is 1. The molecule has 0 fully saturated rings. The number of carbonyl (C=O) groups is 1. The first-order valence-electron chi connectivity index (χ1n) is 8.35. The van der Waals surface area contributed by atoms with Crippen molar-refractivity contribution in [1.29, 1.82) is 0 Å². The second kappa shape index (κ2) is 8.56. The van der Waals surface area contributed by atoms with E-state index in [-0.39, 0.29) is 17.7 Å². The van der Waals surface area contributed by atoms with E-state index in [1.165, 1.54) is 17.5 Å². The number of aromatic nitrogens is 3. The number of benzene rings is 1. The summed E-state index contributed by atoms with van der Waals surface area (Å²) in [5, 5.41) is 15.8. The molecular formula is C18H20N6O2S. The van der Waals surface area contributed by atoms with Gasteiger partial charge in [-0.1, -0.05) is 12.1 Å². The Bertz CT molecular complexity index is 912. The molecule has 0 bridgehead atoms. The molecule has 0 saturated heterocycles. The lowest BCUT2D eigenvalue weighted by Gasteiger charge is -2.16. The van der Waals surface area contributed by atoms with Crippen LogP contribution in [-0.4, -0.2) is 45.6 Å². The minimum absolute atomic E-state index is 0.204. The van der Waals surface area contributed by atoms with E-state index in [1.54, 1.807) is 31.4 Å². The average molecular weight is 384 g/mol. The van der Waals surface area contributed by atoms with Crippen LogP contribution < -0.4 is 16.4 Å². The molecule has 0 aliphatic rings. The highest BCUT2D eigenvalue weighted by atomic mass is 32.1. The van der Waals surface area contributed by atoms with Crippen molar-refractivity contribution in [2.24, 2.45) is 5.73 Å². The molecule has 0 saturated carbocycles. The van der Waals surface area contributed by atoms with Crippen LogP contribution in [0.4, 0.5) is 5.95 Å². The monoisotopic (exact) mass is 384 g/mol. The number of anilines is 1. The Balaban J connectivity index is 1.68. The number of nitrogens with one attached hydrogen (secondary N) is 2. The molecule has 9 heteroatoms. The molecule has 5 N–H and O–H groups in total. The van der Waals surface area contributed by atoms with E-state index in [0.29, 0.717) is 34.5 Å². The Kier molecular flexibility index (Phi) is 5.94. The smallest absolute Gasteiger partial charge is 0.263 e. The van der Waals surface area contributed by atoms with Crippen LogP contribution in [0.3, 0.4) is 0 Å². The molecule has 0 spiro atoms. The van der Waals surface area contributed by atoms with Crippen molar-refractivity contribution in [2.45, 2.75) is 12.5 Å². The van der Waals surface area contributed by atoms with Gasteiger partial charge in [0.25, 0.3) is 5.91 Å². The van der Waals surface area contributed by atoms with Crippen LogP contribution in [0.15, 0.2) is 42.7 Å². The van der Waals surface area contributed by atoms with Crippen LogP contribution in [0.5, 0.6) is 5.75 Å². The van der Waals surface area contributed by atoms with Gasteiger partial charge in [-0.3, -0.25) is 4.79 Å². The predicted octanol–water partition coefficient (Wildman–Crippen LogP) is 1.65. The number of nitrogens with zero attached hydrogens (tertiary/aromatic N) is 3. The number of amides is 1. The molecule has 1 aromatic carbocycles. The summed E-state index contributed by atoms with van der Waals surface area (Å²) >= 11 is 1.26. The molecule has 1 amide bonds. The quantitative estimate of drug-likeness (QED) is 0.488. The second-order valence-electron chi connectivity index (χ2n) is 5.82. The Labute approximate surface area is 160 Å². The molecule has 2 aromatic heterocycles. The van der Waals surface area contributed by atoms with Crippen molar-refractivity contribution in [3.8, 4) is 16.5 Å². The standard InChI is InChI=1S/C18H20N6O2S/c1-20-18-21-7-6-14(24-18)17-22-10-15(27-17)16(26)23-12(9-19)8-11-2-4-13(25)5-3-11/h2-7,10,12,25H,8-9,19H2,1H3,(H,23,26)(H,20,21,24)/t12-/m0/s1. The molecule has 0 radical (unpaired) electrons. The van der Waals surface area contributed by atoms with E-state index >= 15 is 0 Å². The summed E-state index contributed by atoms with van der Waals surface area (Å²) in [7, 11) is 1.74. The van der Waals surface area contributed by atoms with Gasteiger partial charge in [-0.25, -0.2) is 15.0 Å². The first-order valence-corrected chi connectivity index (χ1v) is 9.16. The van der Waals surface area contributed by atoms with Gasteiger partial charge in [-0.05, 0) is 30.2 Å². The van der Waals surface area contributed by atoms with Gasteiger partial charge in [0, 0.05) is 25.8 Å². The maximum Gasteiger partial charge on any atom is 0.263 e. The lowest BCUT2D eigenvalue weighted by Crippen LogP contribution is -2.41. The molecular weight excluding hydrogens is 364 g/mol. The van der Waals surface area contributed by atoms with Crippen LogP contribution in [0.2, 0.25) is 0 Å². The van der Waals surface area contributed by atoms with E-state index in [9.17, 15) is 9.90 Å². The zero-order valence-electron chi connectivity index (χ0n) is 14.7. The topological polar surface area (TPSA) is 126 Å². The predicted molar refractivity (Wildman–Crippen MR) is 105 cm³/mol. The van der Waals surface area contributed by atoms with Gasteiger partial charge in [0.15, 0.2) is 0 Å². The van der Waals surface area contributed by atoms with Gasteiger partial charge < -0.3 is 21.5 Å². The number of nitrogens with two attached hydrogens (primary N) is 1. The van der Waals surface area contributed by atoms with Crippen LogP contribution in [0, 0.1) is 0 Å². The van der Waals surface area contributed by atoms with Crippen molar-refractivity contribution < 1.29 is 9.90 Å². The van der Waals surface area contributed by atoms with Gasteiger partial charge in [0.1, 0.15) is 21.3 Å². The third-order valence-corrected chi connectivity index (χ3v) is 4.88. The number of carbonyl (C=O) groups excluding carboxylic acids is 1. The Morgan fingerprint density at radius 2 is 2.04 bits per heavy atom. The van der Waals surface area contributed by atoms with Crippen LogP contribution in [0.25, 0.3) is 10.7 Å². The summed E-state index contributed by atoms with van der Waals surface area (Å²) in [6.07, 6.45) is 3.74. The highest BCUT2D eigenvalue weighted by Gasteiger charge is 2.17. The summed E-state index contributed by atoms with van der Waals surface area (Å²) in [5.74, 6) is 0.470. The molecule has 140 valence electrons. The lowest BCUT2D eigenvalue weighted by molar-refractivity contribution is 0.0942. The highest BCUT2D eigenvalue weighted by Crippen LogP contribution is 2.24. The molecule has 3 rings (SSSR count). The average Bonchev–Trinajstić information content (AvgIpc) is 3.19. The minimum Gasteiger partial charge on any atom is -0.508 e. The summed E-state index contributed by atoms with van der Waals surface area (Å²) in [4.78, 5) is 25.7. The zero-order valence-corrected chi connectivity index (χ0v) is 15.5. The largest absolute Gasteiger partial charge is 0.508 e. The number of hydrogen-bond acceptors (Lipinski definition) is 8. The first kappa shape index (κ1) is 18.7. The lowest BCUT2D eigenvalue weighted by atomic mass is 10.1. The van der Waals surface area contributed by atoms with Crippen molar-refractivity contribution in [3.05, 3.63) is 53.2 Å². The molecule has 2 heterocycles. The van der Waals surface area contributed by atoms with Gasteiger partial charge >= 0.3 is 0 Å². The molecule has 1 atom stereocenters.